The van der Waals surface area contributed by atoms with Crippen LogP contribution in [-0.2, 0) is 0 Å². The minimum Gasteiger partial charge on any atom is -0.493 e. The second kappa shape index (κ2) is 8.17. The first kappa shape index (κ1) is 18.1. The maximum absolute atomic E-state index is 5.57. The molecule has 2 aliphatic heterocycles. The van der Waals surface area contributed by atoms with Gasteiger partial charge in [-0.1, -0.05) is 17.6 Å². The highest BCUT2D eigenvalue weighted by molar-refractivity contribution is 5.69. The smallest absolute Gasteiger partial charge is 0.324 e. The van der Waals surface area contributed by atoms with E-state index in [1.54, 1.807) is 14.2 Å². The number of methoxy groups -OCH3 is 2. The monoisotopic (exact) mass is 372 g/mol. The molecule has 0 bridgehead atoms. The van der Waals surface area contributed by atoms with Crippen molar-refractivity contribution in [3.05, 3.63) is 18.2 Å². The van der Waals surface area contributed by atoms with Crippen LogP contribution in [0.4, 0.5) is 6.01 Å². The van der Waals surface area contributed by atoms with E-state index in [0.717, 1.165) is 31.5 Å². The Morgan fingerprint density at radius 2 is 1.78 bits per heavy atom. The minimum atomic E-state index is 0.527. The van der Waals surface area contributed by atoms with Gasteiger partial charge in [0.25, 0.3) is 0 Å². The van der Waals surface area contributed by atoms with Crippen LogP contribution in [0.5, 0.6) is 11.5 Å². The molecule has 7 nitrogen and oxygen atoms in total. The number of hydrogen-bond donors (Lipinski definition) is 0. The number of rotatable bonds is 5. The standard InChI is InChI=1S/C20H28N4O3/c1-25-17-8-6-7-16(18(17)26-2)19-21-20(27-22-19)24-13-9-15(10-14-24)23-11-4-3-5-12-23/h6-8,15H,3-5,9-14H2,1-2H3. The normalized spacial score (nSPS) is 19.3. The molecule has 27 heavy (non-hydrogen) atoms. The van der Waals surface area contributed by atoms with Crippen molar-refractivity contribution in [3.63, 3.8) is 0 Å². The number of ether oxygens (including phenoxy) is 2. The fourth-order valence-electron chi connectivity index (χ4n) is 4.22. The van der Waals surface area contributed by atoms with Crippen LogP contribution in [0.3, 0.4) is 0 Å². The summed E-state index contributed by atoms with van der Waals surface area (Å²) in [5.41, 5.74) is 0.773. The van der Waals surface area contributed by atoms with Crippen LogP contribution in [0.2, 0.25) is 0 Å². The molecule has 2 aromatic rings. The molecule has 2 aliphatic rings. The van der Waals surface area contributed by atoms with Gasteiger partial charge in [0, 0.05) is 19.1 Å². The molecule has 2 saturated heterocycles. The lowest BCUT2D eigenvalue weighted by atomic mass is 10.0. The molecule has 2 fully saturated rings. The lowest BCUT2D eigenvalue weighted by Crippen LogP contribution is -2.46. The third-order valence-electron chi connectivity index (χ3n) is 5.70. The van der Waals surface area contributed by atoms with Crippen molar-refractivity contribution in [1.82, 2.24) is 15.0 Å². The van der Waals surface area contributed by atoms with E-state index in [1.807, 2.05) is 18.2 Å². The molecule has 1 aromatic heterocycles. The molecular formula is C20H28N4O3. The number of likely N-dealkylation sites (tertiary alicyclic amines) is 1. The molecule has 4 rings (SSSR count). The van der Waals surface area contributed by atoms with Crippen molar-refractivity contribution in [2.24, 2.45) is 0 Å². The lowest BCUT2D eigenvalue weighted by molar-refractivity contribution is 0.140. The summed E-state index contributed by atoms with van der Waals surface area (Å²) in [5, 5.41) is 4.18. The van der Waals surface area contributed by atoms with Gasteiger partial charge in [-0.2, -0.15) is 4.98 Å². The molecule has 0 saturated carbocycles. The lowest BCUT2D eigenvalue weighted by Gasteiger charge is -2.39. The molecular weight excluding hydrogens is 344 g/mol. The predicted molar refractivity (Wildman–Crippen MR) is 103 cm³/mol. The van der Waals surface area contributed by atoms with E-state index >= 15 is 0 Å². The third-order valence-corrected chi connectivity index (χ3v) is 5.70. The first-order chi connectivity index (χ1) is 13.3. The maximum atomic E-state index is 5.57. The van der Waals surface area contributed by atoms with Gasteiger partial charge in [0.15, 0.2) is 11.5 Å². The molecule has 0 aliphatic carbocycles. The van der Waals surface area contributed by atoms with Crippen LogP contribution in [0.25, 0.3) is 11.4 Å². The van der Waals surface area contributed by atoms with E-state index < -0.39 is 0 Å². The largest absolute Gasteiger partial charge is 0.493 e. The number of hydrogen-bond acceptors (Lipinski definition) is 7. The molecule has 7 heteroatoms. The van der Waals surface area contributed by atoms with Crippen molar-refractivity contribution in [2.45, 2.75) is 38.1 Å². The Labute approximate surface area is 160 Å². The second-order valence-electron chi connectivity index (χ2n) is 7.26. The molecule has 0 radical (unpaired) electrons. The maximum Gasteiger partial charge on any atom is 0.324 e. The summed E-state index contributed by atoms with van der Waals surface area (Å²) in [5.74, 6) is 1.80. The zero-order valence-electron chi connectivity index (χ0n) is 16.2. The number of aromatic nitrogens is 2. The quantitative estimate of drug-likeness (QED) is 0.798. The Hall–Kier alpha value is -2.28. The van der Waals surface area contributed by atoms with Gasteiger partial charge in [0.1, 0.15) is 0 Å². The van der Waals surface area contributed by atoms with Gasteiger partial charge in [0.05, 0.1) is 19.8 Å². The van der Waals surface area contributed by atoms with E-state index in [1.165, 1.54) is 32.4 Å². The molecule has 146 valence electrons. The van der Waals surface area contributed by atoms with Gasteiger partial charge >= 0.3 is 6.01 Å². The van der Waals surface area contributed by atoms with Crippen LogP contribution < -0.4 is 14.4 Å². The van der Waals surface area contributed by atoms with Crippen molar-refractivity contribution in [3.8, 4) is 22.9 Å². The Morgan fingerprint density at radius 1 is 1.00 bits per heavy atom. The van der Waals surface area contributed by atoms with E-state index in [0.29, 0.717) is 29.4 Å². The zero-order chi connectivity index (χ0) is 18.6. The number of benzene rings is 1. The van der Waals surface area contributed by atoms with Gasteiger partial charge < -0.3 is 23.8 Å². The number of anilines is 1. The Morgan fingerprint density at radius 3 is 2.48 bits per heavy atom. The number of nitrogens with zero attached hydrogens (tertiary/aromatic N) is 4. The molecule has 0 unspecified atom stereocenters. The SMILES string of the molecule is COc1cccc(-c2noc(N3CCC(N4CCCCC4)CC3)n2)c1OC. The molecule has 3 heterocycles. The minimum absolute atomic E-state index is 0.527. The van der Waals surface area contributed by atoms with Crippen molar-refractivity contribution < 1.29 is 14.0 Å². The van der Waals surface area contributed by atoms with Gasteiger partial charge in [-0.25, -0.2) is 0 Å². The molecule has 0 N–H and O–H groups in total. The summed E-state index contributed by atoms with van der Waals surface area (Å²) < 4.78 is 16.4. The average molecular weight is 372 g/mol. The number of para-hydroxylation sites is 1. The highest BCUT2D eigenvalue weighted by Crippen LogP contribution is 2.37. The van der Waals surface area contributed by atoms with E-state index in [4.69, 9.17) is 14.0 Å². The van der Waals surface area contributed by atoms with Crippen molar-refractivity contribution >= 4 is 6.01 Å². The van der Waals surface area contributed by atoms with Crippen molar-refractivity contribution in [2.75, 3.05) is 45.3 Å². The van der Waals surface area contributed by atoms with Gasteiger partial charge in [-0.3, -0.25) is 0 Å². The predicted octanol–water partition coefficient (Wildman–Crippen LogP) is 3.21. The summed E-state index contributed by atoms with van der Waals surface area (Å²) in [7, 11) is 3.24. The molecule has 1 aromatic carbocycles. The van der Waals surface area contributed by atoms with Gasteiger partial charge in [-0.15, -0.1) is 0 Å². The topological polar surface area (TPSA) is 63.9 Å². The highest BCUT2D eigenvalue weighted by atomic mass is 16.5. The first-order valence-corrected chi connectivity index (χ1v) is 9.84. The zero-order valence-corrected chi connectivity index (χ0v) is 16.2. The van der Waals surface area contributed by atoms with E-state index in [-0.39, 0.29) is 0 Å². The van der Waals surface area contributed by atoms with Crippen LogP contribution in [0.1, 0.15) is 32.1 Å². The first-order valence-electron chi connectivity index (χ1n) is 9.84. The van der Waals surface area contributed by atoms with Crippen LogP contribution in [0, 0.1) is 0 Å². The third kappa shape index (κ3) is 3.74. The van der Waals surface area contributed by atoms with Crippen LogP contribution >= 0.6 is 0 Å². The van der Waals surface area contributed by atoms with Crippen molar-refractivity contribution in [1.29, 1.82) is 0 Å². The Kier molecular flexibility index (Phi) is 5.48. The fraction of sp³-hybridized carbons (Fsp3) is 0.600. The summed E-state index contributed by atoms with van der Waals surface area (Å²) in [4.78, 5) is 9.49. The molecule has 0 amide bonds. The highest BCUT2D eigenvalue weighted by Gasteiger charge is 2.28. The van der Waals surface area contributed by atoms with Crippen LogP contribution in [0.15, 0.2) is 22.7 Å². The average Bonchev–Trinajstić information content (AvgIpc) is 3.24. The Balaban J connectivity index is 1.45. The van der Waals surface area contributed by atoms with Gasteiger partial charge in [-0.05, 0) is 50.9 Å². The second-order valence-corrected chi connectivity index (χ2v) is 7.26. The fourth-order valence-corrected chi connectivity index (χ4v) is 4.22. The molecule has 0 atom stereocenters. The summed E-state index contributed by atoms with van der Waals surface area (Å²) in [6, 6.07) is 6.96. The molecule has 0 spiro atoms. The van der Waals surface area contributed by atoms with Gasteiger partial charge in [0.2, 0.25) is 5.82 Å². The van der Waals surface area contributed by atoms with E-state index in [2.05, 4.69) is 19.9 Å². The van der Waals surface area contributed by atoms with Crippen LogP contribution in [-0.4, -0.2) is 61.5 Å². The number of piperidine rings is 2. The van der Waals surface area contributed by atoms with E-state index in [9.17, 15) is 0 Å². The summed E-state index contributed by atoms with van der Waals surface area (Å²) in [6.07, 6.45) is 6.37. The Bertz CT molecular complexity index is 749. The summed E-state index contributed by atoms with van der Waals surface area (Å²) in [6.45, 7) is 4.42. The summed E-state index contributed by atoms with van der Waals surface area (Å²) >= 11 is 0.